The zero-order valence-corrected chi connectivity index (χ0v) is 17.5. The van der Waals surface area contributed by atoms with Gasteiger partial charge < -0.3 is 15.5 Å². The average molecular weight is 394 g/mol. The van der Waals surface area contributed by atoms with Gasteiger partial charge in [-0.3, -0.25) is 14.4 Å². The molecule has 27 heavy (non-hydrogen) atoms. The molecule has 0 aromatic carbocycles. The van der Waals surface area contributed by atoms with Crippen LogP contribution in [0.5, 0.6) is 0 Å². The number of nitrogens with one attached hydrogen (secondary N) is 2. The predicted octanol–water partition coefficient (Wildman–Crippen LogP) is 2.51. The van der Waals surface area contributed by atoms with E-state index in [0.717, 1.165) is 0 Å². The van der Waals surface area contributed by atoms with Crippen molar-refractivity contribution in [1.29, 1.82) is 0 Å². The highest BCUT2D eigenvalue weighted by Crippen LogP contribution is 2.23. The predicted molar refractivity (Wildman–Crippen MR) is 108 cm³/mol. The summed E-state index contributed by atoms with van der Waals surface area (Å²) in [5.41, 5.74) is 0. The summed E-state index contributed by atoms with van der Waals surface area (Å²) in [4.78, 5) is 40.0. The zero-order chi connectivity index (χ0) is 20.0. The van der Waals surface area contributed by atoms with Gasteiger partial charge in [0, 0.05) is 25.6 Å². The van der Waals surface area contributed by atoms with Gasteiger partial charge in [0.2, 0.25) is 11.8 Å². The second-order valence-electron chi connectivity index (χ2n) is 7.88. The summed E-state index contributed by atoms with van der Waals surface area (Å²) in [6.07, 6.45) is 1.42. The fraction of sp³-hybridized carbons (Fsp3) is 0.650. The first-order chi connectivity index (χ1) is 12.8. The average Bonchev–Trinajstić information content (AvgIpc) is 3.18. The number of amides is 3. The highest BCUT2D eigenvalue weighted by molar-refractivity contribution is 7.12. The van der Waals surface area contributed by atoms with E-state index in [1.165, 1.54) is 11.3 Å². The van der Waals surface area contributed by atoms with E-state index in [1.807, 2.05) is 44.0 Å². The maximum atomic E-state index is 12.8. The molecule has 2 N–H and O–H groups in total. The normalized spacial score (nSPS) is 16.4. The Morgan fingerprint density at radius 1 is 1.19 bits per heavy atom. The van der Waals surface area contributed by atoms with Gasteiger partial charge in [-0.25, -0.2) is 0 Å². The molecule has 1 saturated heterocycles. The molecule has 150 valence electrons. The topological polar surface area (TPSA) is 78.5 Å². The summed E-state index contributed by atoms with van der Waals surface area (Å²) >= 11 is 1.36. The third-order valence-electron chi connectivity index (χ3n) is 4.82. The van der Waals surface area contributed by atoms with Crippen LogP contribution in [0, 0.1) is 17.8 Å². The van der Waals surface area contributed by atoms with Gasteiger partial charge in [0.05, 0.1) is 4.88 Å². The van der Waals surface area contributed by atoms with Crippen LogP contribution in [0.3, 0.4) is 0 Å². The highest BCUT2D eigenvalue weighted by Gasteiger charge is 2.34. The van der Waals surface area contributed by atoms with E-state index >= 15 is 0 Å². The maximum Gasteiger partial charge on any atom is 0.262 e. The fourth-order valence-corrected chi connectivity index (χ4v) is 3.88. The van der Waals surface area contributed by atoms with E-state index in [4.69, 9.17) is 0 Å². The number of carbonyl (C=O) groups excluding carboxylic acids is 3. The van der Waals surface area contributed by atoms with Gasteiger partial charge in [0.1, 0.15) is 6.04 Å². The van der Waals surface area contributed by atoms with Gasteiger partial charge in [-0.1, -0.05) is 33.8 Å². The van der Waals surface area contributed by atoms with Crippen LogP contribution in [0.1, 0.15) is 50.2 Å². The molecule has 0 spiro atoms. The summed E-state index contributed by atoms with van der Waals surface area (Å²) in [5.74, 6) is 0.144. The zero-order valence-electron chi connectivity index (χ0n) is 16.7. The SMILES string of the molecule is CC(C)CNC(=O)C(NC(=O)c1cccs1)C1CCN(C(=O)C(C)C)CC1. The van der Waals surface area contributed by atoms with Gasteiger partial charge in [-0.2, -0.15) is 0 Å². The number of rotatable bonds is 7. The number of piperidine rings is 1. The number of carbonyl (C=O) groups is 3. The van der Waals surface area contributed by atoms with Crippen molar-refractivity contribution in [2.45, 2.75) is 46.6 Å². The van der Waals surface area contributed by atoms with Crippen LogP contribution in [-0.2, 0) is 9.59 Å². The second-order valence-corrected chi connectivity index (χ2v) is 8.83. The maximum absolute atomic E-state index is 12.8. The molecule has 1 aliphatic rings. The molecule has 1 unspecified atom stereocenters. The van der Waals surface area contributed by atoms with Crippen molar-refractivity contribution in [3.63, 3.8) is 0 Å². The van der Waals surface area contributed by atoms with E-state index in [1.54, 1.807) is 6.07 Å². The molecule has 2 rings (SSSR count). The Morgan fingerprint density at radius 3 is 2.37 bits per heavy atom. The van der Waals surface area contributed by atoms with Crippen molar-refractivity contribution < 1.29 is 14.4 Å². The third-order valence-corrected chi connectivity index (χ3v) is 5.68. The molecule has 3 amide bonds. The minimum atomic E-state index is -0.574. The third kappa shape index (κ3) is 6.06. The molecule has 0 bridgehead atoms. The minimum absolute atomic E-state index is 0.0229. The molecule has 2 heterocycles. The Balaban J connectivity index is 2.04. The van der Waals surface area contributed by atoms with Crippen molar-refractivity contribution in [2.24, 2.45) is 17.8 Å². The number of hydrogen-bond acceptors (Lipinski definition) is 4. The lowest BCUT2D eigenvalue weighted by molar-refractivity contribution is -0.136. The molecule has 1 fully saturated rings. The Hall–Kier alpha value is -1.89. The Kier molecular flexibility index (Phi) is 7.83. The number of likely N-dealkylation sites (tertiary alicyclic amines) is 1. The molecule has 6 nitrogen and oxygen atoms in total. The van der Waals surface area contributed by atoms with Crippen molar-refractivity contribution in [3.05, 3.63) is 22.4 Å². The fourth-order valence-electron chi connectivity index (χ4n) is 3.25. The van der Waals surface area contributed by atoms with Crippen LogP contribution in [-0.4, -0.2) is 48.3 Å². The second kappa shape index (κ2) is 9.88. The Morgan fingerprint density at radius 2 is 1.85 bits per heavy atom. The summed E-state index contributed by atoms with van der Waals surface area (Å²) in [6.45, 7) is 9.71. The lowest BCUT2D eigenvalue weighted by Crippen LogP contribution is -2.54. The van der Waals surface area contributed by atoms with Crippen molar-refractivity contribution >= 4 is 29.1 Å². The number of nitrogens with zero attached hydrogens (tertiary/aromatic N) is 1. The monoisotopic (exact) mass is 393 g/mol. The first-order valence-electron chi connectivity index (χ1n) is 9.70. The quantitative estimate of drug-likeness (QED) is 0.747. The van der Waals surface area contributed by atoms with Crippen molar-refractivity contribution in [3.8, 4) is 0 Å². The molecule has 1 atom stereocenters. The smallest absolute Gasteiger partial charge is 0.262 e. The molecule has 1 aromatic rings. The van der Waals surface area contributed by atoms with Crippen LogP contribution in [0.4, 0.5) is 0 Å². The van der Waals surface area contributed by atoms with Crippen LogP contribution in [0.2, 0.25) is 0 Å². The summed E-state index contributed by atoms with van der Waals surface area (Å²) in [7, 11) is 0. The lowest BCUT2D eigenvalue weighted by atomic mass is 9.88. The Bertz CT molecular complexity index is 635. The lowest BCUT2D eigenvalue weighted by Gasteiger charge is -2.36. The van der Waals surface area contributed by atoms with Crippen molar-refractivity contribution in [1.82, 2.24) is 15.5 Å². The van der Waals surface area contributed by atoms with Gasteiger partial charge in [-0.05, 0) is 36.1 Å². The van der Waals surface area contributed by atoms with Gasteiger partial charge in [0.15, 0.2) is 0 Å². The summed E-state index contributed by atoms with van der Waals surface area (Å²) in [6, 6.07) is 3.01. The molecule has 0 radical (unpaired) electrons. The van der Waals surface area contributed by atoms with E-state index in [-0.39, 0.29) is 29.6 Å². The first-order valence-corrected chi connectivity index (χ1v) is 10.6. The van der Waals surface area contributed by atoms with E-state index < -0.39 is 6.04 Å². The molecular weight excluding hydrogens is 362 g/mol. The van der Waals surface area contributed by atoms with Gasteiger partial charge in [0.25, 0.3) is 5.91 Å². The van der Waals surface area contributed by atoms with Crippen LogP contribution < -0.4 is 10.6 Å². The number of thiophene rings is 1. The van der Waals surface area contributed by atoms with Crippen LogP contribution in [0.25, 0.3) is 0 Å². The summed E-state index contributed by atoms with van der Waals surface area (Å²) in [5, 5.41) is 7.73. The minimum Gasteiger partial charge on any atom is -0.354 e. The van der Waals surface area contributed by atoms with Gasteiger partial charge >= 0.3 is 0 Å². The molecule has 7 heteroatoms. The first kappa shape index (κ1) is 21.4. The Labute approximate surface area is 165 Å². The van der Waals surface area contributed by atoms with Gasteiger partial charge in [-0.15, -0.1) is 11.3 Å². The van der Waals surface area contributed by atoms with E-state index in [9.17, 15) is 14.4 Å². The van der Waals surface area contributed by atoms with Crippen molar-refractivity contribution in [2.75, 3.05) is 19.6 Å². The highest BCUT2D eigenvalue weighted by atomic mass is 32.1. The molecular formula is C20H31N3O3S. The molecule has 1 aromatic heterocycles. The standard InChI is InChI=1S/C20H31N3O3S/c1-13(2)12-21-19(25)17(22-18(24)16-6-5-11-27-16)15-7-9-23(10-8-15)20(26)14(3)4/h5-6,11,13-15,17H,7-10,12H2,1-4H3,(H,21,25)(H,22,24). The van der Waals surface area contributed by atoms with E-state index in [2.05, 4.69) is 10.6 Å². The van der Waals surface area contributed by atoms with E-state index in [0.29, 0.717) is 43.3 Å². The molecule has 0 aliphatic carbocycles. The molecule has 0 saturated carbocycles. The number of hydrogen-bond donors (Lipinski definition) is 2. The molecule has 1 aliphatic heterocycles. The van der Waals surface area contributed by atoms with Crippen LogP contribution in [0.15, 0.2) is 17.5 Å². The summed E-state index contributed by atoms with van der Waals surface area (Å²) < 4.78 is 0. The largest absolute Gasteiger partial charge is 0.354 e. The van der Waals surface area contributed by atoms with Crippen LogP contribution >= 0.6 is 11.3 Å².